The predicted octanol–water partition coefficient (Wildman–Crippen LogP) is 3.75. The number of anilines is 2. The van der Waals surface area contributed by atoms with Crippen molar-refractivity contribution in [1.82, 2.24) is 0 Å². The highest BCUT2D eigenvalue weighted by molar-refractivity contribution is 7.90. The lowest BCUT2D eigenvalue weighted by Crippen LogP contribution is -2.02. The molecule has 3 aromatic rings. The van der Waals surface area contributed by atoms with Crippen molar-refractivity contribution in [2.45, 2.75) is 11.3 Å². The van der Waals surface area contributed by atoms with E-state index in [4.69, 9.17) is 5.11 Å². The molecule has 0 aromatic heterocycles. The molecule has 0 aliphatic carbocycles. The Bertz CT molecular complexity index is 1090. The van der Waals surface area contributed by atoms with Crippen molar-refractivity contribution < 1.29 is 22.7 Å². The maximum atomic E-state index is 13.7. The van der Waals surface area contributed by atoms with E-state index in [-0.39, 0.29) is 11.3 Å². The first-order valence-electron chi connectivity index (χ1n) is 7.73. The van der Waals surface area contributed by atoms with Crippen molar-refractivity contribution in [3.05, 3.63) is 66.0 Å². The van der Waals surface area contributed by atoms with Crippen LogP contribution in [-0.2, 0) is 21.1 Å². The lowest BCUT2D eigenvalue weighted by atomic mass is 10.0. The number of carboxylic acids is 1. The zero-order chi connectivity index (χ0) is 18.9. The van der Waals surface area contributed by atoms with E-state index in [1.54, 1.807) is 30.3 Å². The molecular formula is C19H16FNO4S. The fraction of sp³-hybridized carbons (Fsp3) is 0.105. The van der Waals surface area contributed by atoms with Crippen LogP contribution in [0.5, 0.6) is 0 Å². The number of rotatable bonds is 5. The van der Waals surface area contributed by atoms with Crippen LogP contribution in [0, 0.1) is 5.82 Å². The Morgan fingerprint density at radius 1 is 1.08 bits per heavy atom. The highest BCUT2D eigenvalue weighted by atomic mass is 32.2. The van der Waals surface area contributed by atoms with Crippen LogP contribution in [0.4, 0.5) is 15.8 Å². The number of benzene rings is 3. The summed E-state index contributed by atoms with van der Waals surface area (Å²) in [5.41, 5.74) is 1.73. The normalized spacial score (nSPS) is 11.5. The van der Waals surface area contributed by atoms with Gasteiger partial charge in [0.2, 0.25) is 0 Å². The number of hydrogen-bond acceptors (Lipinski definition) is 4. The minimum absolute atomic E-state index is 0.158. The van der Waals surface area contributed by atoms with Crippen molar-refractivity contribution in [3.8, 4) is 0 Å². The fourth-order valence-corrected chi connectivity index (χ4v) is 3.34. The number of halogens is 1. The molecule has 0 spiro atoms. The monoisotopic (exact) mass is 373 g/mol. The number of carboxylic acid groups (broad SMARTS) is 1. The fourth-order valence-electron chi connectivity index (χ4n) is 2.71. The summed E-state index contributed by atoms with van der Waals surface area (Å²) in [6.45, 7) is 0. The van der Waals surface area contributed by atoms with Gasteiger partial charge >= 0.3 is 5.97 Å². The second kappa shape index (κ2) is 6.76. The van der Waals surface area contributed by atoms with Gasteiger partial charge in [0.1, 0.15) is 5.82 Å². The summed E-state index contributed by atoms with van der Waals surface area (Å²) in [5.74, 6) is -1.37. The van der Waals surface area contributed by atoms with E-state index in [1.165, 1.54) is 24.3 Å². The molecule has 2 N–H and O–H groups in total. The number of nitrogens with one attached hydrogen (secondary N) is 1. The molecular weight excluding hydrogens is 357 g/mol. The third-order valence-electron chi connectivity index (χ3n) is 3.89. The molecule has 5 nitrogen and oxygen atoms in total. The van der Waals surface area contributed by atoms with Gasteiger partial charge < -0.3 is 10.4 Å². The van der Waals surface area contributed by atoms with E-state index < -0.39 is 21.6 Å². The van der Waals surface area contributed by atoms with Crippen LogP contribution in [0.15, 0.2) is 59.5 Å². The van der Waals surface area contributed by atoms with Gasteiger partial charge in [-0.3, -0.25) is 4.79 Å². The highest BCUT2D eigenvalue weighted by Crippen LogP contribution is 2.30. The van der Waals surface area contributed by atoms with E-state index in [2.05, 4.69) is 5.32 Å². The summed E-state index contributed by atoms with van der Waals surface area (Å²) in [4.78, 5) is 11.2. The van der Waals surface area contributed by atoms with E-state index in [0.717, 1.165) is 6.26 Å². The number of fused-ring (bicyclic) bond motifs is 1. The van der Waals surface area contributed by atoms with Crippen LogP contribution in [0.3, 0.4) is 0 Å². The molecule has 0 saturated heterocycles. The Morgan fingerprint density at radius 2 is 1.77 bits per heavy atom. The topological polar surface area (TPSA) is 83.5 Å². The lowest BCUT2D eigenvalue weighted by molar-refractivity contribution is -0.136. The molecule has 3 rings (SSSR count). The first-order valence-corrected chi connectivity index (χ1v) is 9.63. The zero-order valence-corrected chi connectivity index (χ0v) is 14.7. The molecule has 0 fully saturated rings. The quantitative estimate of drug-likeness (QED) is 0.712. The van der Waals surface area contributed by atoms with Crippen molar-refractivity contribution in [3.63, 3.8) is 0 Å². The van der Waals surface area contributed by atoms with Crippen molar-refractivity contribution in [2.24, 2.45) is 0 Å². The Morgan fingerprint density at radius 3 is 2.38 bits per heavy atom. The summed E-state index contributed by atoms with van der Waals surface area (Å²) >= 11 is 0. The summed E-state index contributed by atoms with van der Waals surface area (Å²) in [5, 5.41) is 13.5. The van der Waals surface area contributed by atoms with Gasteiger partial charge in [0, 0.05) is 23.0 Å². The first kappa shape index (κ1) is 17.9. The second-order valence-electron chi connectivity index (χ2n) is 6.00. The maximum Gasteiger partial charge on any atom is 0.307 e. The highest BCUT2D eigenvalue weighted by Gasteiger charge is 2.10. The van der Waals surface area contributed by atoms with Gasteiger partial charge in [-0.1, -0.05) is 12.1 Å². The molecule has 0 bridgehead atoms. The number of hydrogen-bond donors (Lipinski definition) is 2. The Hall–Kier alpha value is -2.93. The molecule has 0 aliphatic heterocycles. The number of carbonyl (C=O) groups is 1. The van der Waals surface area contributed by atoms with E-state index in [1.807, 2.05) is 0 Å². The molecule has 0 radical (unpaired) electrons. The standard InChI is InChI=1S/C19H16FNO4S/c1-26(24,25)16-6-4-15(5-7-16)21-18-9-12(10-19(22)23)8-13-2-3-14(20)11-17(13)18/h2-9,11,21H,10H2,1H3,(H,22,23). The zero-order valence-electron chi connectivity index (χ0n) is 13.9. The van der Waals surface area contributed by atoms with Gasteiger partial charge in [-0.05, 0) is 53.4 Å². The van der Waals surface area contributed by atoms with Crippen LogP contribution >= 0.6 is 0 Å². The van der Waals surface area contributed by atoms with Crippen LogP contribution in [0.2, 0.25) is 0 Å². The predicted molar refractivity (Wildman–Crippen MR) is 98.1 cm³/mol. The molecule has 0 aliphatic rings. The molecule has 134 valence electrons. The third kappa shape index (κ3) is 4.00. The SMILES string of the molecule is CS(=O)(=O)c1ccc(Nc2cc(CC(=O)O)cc3ccc(F)cc23)cc1. The van der Waals surface area contributed by atoms with Gasteiger partial charge in [-0.25, -0.2) is 12.8 Å². The van der Waals surface area contributed by atoms with Crippen LogP contribution in [0.1, 0.15) is 5.56 Å². The summed E-state index contributed by atoms with van der Waals surface area (Å²) in [6.07, 6.45) is 0.968. The van der Waals surface area contributed by atoms with Crippen LogP contribution in [-0.4, -0.2) is 25.7 Å². The van der Waals surface area contributed by atoms with Gasteiger partial charge in [0.25, 0.3) is 0 Å². The average Bonchev–Trinajstić information content (AvgIpc) is 2.54. The number of sulfone groups is 1. The van der Waals surface area contributed by atoms with Gasteiger partial charge in [-0.2, -0.15) is 0 Å². The smallest absolute Gasteiger partial charge is 0.307 e. The van der Waals surface area contributed by atoms with Gasteiger partial charge in [0.05, 0.1) is 11.3 Å². The molecule has 7 heteroatoms. The van der Waals surface area contributed by atoms with E-state index in [0.29, 0.717) is 27.7 Å². The molecule has 0 heterocycles. The summed E-state index contributed by atoms with van der Waals surface area (Å²) in [6, 6.07) is 13.8. The molecule has 26 heavy (non-hydrogen) atoms. The van der Waals surface area contributed by atoms with Crippen LogP contribution in [0.25, 0.3) is 10.8 Å². The third-order valence-corrected chi connectivity index (χ3v) is 5.02. The van der Waals surface area contributed by atoms with E-state index >= 15 is 0 Å². The minimum atomic E-state index is -3.30. The Balaban J connectivity index is 2.04. The Labute approximate surface area is 150 Å². The van der Waals surface area contributed by atoms with Crippen molar-refractivity contribution in [1.29, 1.82) is 0 Å². The van der Waals surface area contributed by atoms with Crippen molar-refractivity contribution in [2.75, 3.05) is 11.6 Å². The maximum absolute atomic E-state index is 13.7. The van der Waals surface area contributed by atoms with Crippen LogP contribution < -0.4 is 5.32 Å². The molecule has 0 amide bonds. The van der Waals surface area contributed by atoms with Crippen molar-refractivity contribution >= 4 is 38.0 Å². The average molecular weight is 373 g/mol. The molecule has 0 atom stereocenters. The molecule has 0 saturated carbocycles. The minimum Gasteiger partial charge on any atom is -0.481 e. The lowest BCUT2D eigenvalue weighted by Gasteiger charge is -2.13. The summed E-state index contributed by atoms with van der Waals surface area (Å²) in [7, 11) is -3.30. The largest absolute Gasteiger partial charge is 0.481 e. The first-order chi connectivity index (χ1) is 12.2. The molecule has 0 unspecified atom stereocenters. The second-order valence-corrected chi connectivity index (χ2v) is 8.02. The van der Waals surface area contributed by atoms with Gasteiger partial charge in [0.15, 0.2) is 9.84 Å². The Kier molecular flexibility index (Phi) is 4.65. The van der Waals surface area contributed by atoms with E-state index in [9.17, 15) is 17.6 Å². The van der Waals surface area contributed by atoms with Gasteiger partial charge in [-0.15, -0.1) is 0 Å². The number of aliphatic carboxylic acids is 1. The summed E-state index contributed by atoms with van der Waals surface area (Å²) < 4.78 is 36.8. The molecule has 3 aromatic carbocycles.